The smallest absolute Gasteiger partial charge is 0.416 e. The molecule has 1 aromatic heterocycles. The van der Waals surface area contributed by atoms with E-state index >= 15 is 0 Å². The Morgan fingerprint density at radius 2 is 2.03 bits per heavy atom. The van der Waals surface area contributed by atoms with Crippen LogP contribution in [0, 0.1) is 5.41 Å². The van der Waals surface area contributed by atoms with Crippen molar-refractivity contribution in [2.75, 3.05) is 18.5 Å². The van der Waals surface area contributed by atoms with Crippen LogP contribution in [0.3, 0.4) is 0 Å². The molecule has 37 heavy (non-hydrogen) atoms. The van der Waals surface area contributed by atoms with Gasteiger partial charge in [-0.15, -0.1) is 0 Å². The number of nitrogens with one attached hydrogen (secondary N) is 2. The van der Waals surface area contributed by atoms with E-state index in [2.05, 4.69) is 36.5 Å². The second-order valence-electron chi connectivity index (χ2n) is 10.9. The van der Waals surface area contributed by atoms with Crippen molar-refractivity contribution < 1.29 is 32.2 Å². The van der Waals surface area contributed by atoms with Gasteiger partial charge in [-0.05, 0) is 49.3 Å². The average Bonchev–Trinajstić information content (AvgIpc) is 3.53. The lowest BCUT2D eigenvalue weighted by molar-refractivity contribution is -0.137. The van der Waals surface area contributed by atoms with E-state index < -0.39 is 17.6 Å². The number of halogens is 3. The van der Waals surface area contributed by atoms with E-state index in [1.54, 1.807) is 10.7 Å². The lowest BCUT2D eigenvalue weighted by Gasteiger charge is -2.17. The minimum absolute atomic E-state index is 0.00626. The van der Waals surface area contributed by atoms with Crippen molar-refractivity contribution in [3.8, 4) is 5.75 Å². The molecule has 11 heteroatoms. The summed E-state index contributed by atoms with van der Waals surface area (Å²) in [7, 11) is 0. The van der Waals surface area contributed by atoms with Crippen LogP contribution in [-0.2, 0) is 28.7 Å². The monoisotopic (exact) mass is 522 g/mol. The summed E-state index contributed by atoms with van der Waals surface area (Å²) in [6.45, 7) is 7.35. The molecule has 3 heterocycles. The van der Waals surface area contributed by atoms with Gasteiger partial charge in [0.15, 0.2) is 0 Å². The van der Waals surface area contributed by atoms with Gasteiger partial charge in [-0.2, -0.15) is 18.3 Å². The molecule has 2 saturated heterocycles. The molecule has 2 aromatic rings. The van der Waals surface area contributed by atoms with E-state index in [1.165, 1.54) is 0 Å². The number of rotatable bonds is 8. The van der Waals surface area contributed by atoms with Gasteiger partial charge in [0.1, 0.15) is 18.2 Å². The van der Waals surface area contributed by atoms with Crippen molar-refractivity contribution in [3.63, 3.8) is 0 Å². The fourth-order valence-electron chi connectivity index (χ4n) is 4.51. The number of amides is 2. The first-order chi connectivity index (χ1) is 17.4. The summed E-state index contributed by atoms with van der Waals surface area (Å²) in [5, 5.41) is 10.1. The Hall–Kier alpha value is -3.08. The number of anilines is 1. The highest BCUT2D eigenvalue weighted by Crippen LogP contribution is 2.33. The number of ether oxygens (including phenoxy) is 2. The maximum atomic E-state index is 13.5. The van der Waals surface area contributed by atoms with Crippen molar-refractivity contribution in [3.05, 3.63) is 41.1 Å². The van der Waals surface area contributed by atoms with Crippen molar-refractivity contribution in [1.82, 2.24) is 15.1 Å². The van der Waals surface area contributed by atoms with Gasteiger partial charge < -0.3 is 20.1 Å². The second-order valence-corrected chi connectivity index (χ2v) is 10.9. The quantitative estimate of drug-likeness (QED) is 0.529. The molecule has 1 aromatic carbocycles. The largest absolute Gasteiger partial charge is 0.491 e. The van der Waals surface area contributed by atoms with Crippen LogP contribution < -0.4 is 15.4 Å². The SMILES string of the molecule is CC(C)(C)Cc1cc(NC(=O)c2cc(C(F)(F)F)ccc2OC[C@@H]2CCC(=O)N2)n(C[C@H]2CCCO2)n1. The summed E-state index contributed by atoms with van der Waals surface area (Å²) in [6.07, 6.45) is -1.31. The topological polar surface area (TPSA) is 94.5 Å². The minimum atomic E-state index is -4.63. The Bertz CT molecular complexity index is 1130. The molecule has 0 radical (unpaired) electrons. The van der Waals surface area contributed by atoms with Gasteiger partial charge in [0.25, 0.3) is 5.91 Å². The normalized spacial score (nSPS) is 20.2. The molecular weight excluding hydrogens is 489 g/mol. The number of alkyl halides is 3. The van der Waals surface area contributed by atoms with Crippen molar-refractivity contribution in [2.24, 2.45) is 5.41 Å². The molecule has 8 nitrogen and oxygen atoms in total. The summed E-state index contributed by atoms with van der Waals surface area (Å²) in [5.74, 6) is -0.463. The Morgan fingerprint density at radius 1 is 1.24 bits per heavy atom. The molecule has 2 amide bonds. The molecule has 2 aliphatic heterocycles. The van der Waals surface area contributed by atoms with E-state index in [4.69, 9.17) is 9.47 Å². The Labute approximate surface area is 213 Å². The van der Waals surface area contributed by atoms with Crippen molar-refractivity contribution in [1.29, 1.82) is 0 Å². The molecule has 2 atom stereocenters. The summed E-state index contributed by atoms with van der Waals surface area (Å²) in [4.78, 5) is 24.8. The van der Waals surface area contributed by atoms with Gasteiger partial charge in [0.2, 0.25) is 5.91 Å². The Balaban J connectivity index is 1.59. The number of carbonyl (C=O) groups is 2. The second kappa shape index (κ2) is 10.7. The molecule has 202 valence electrons. The molecule has 2 fully saturated rings. The zero-order chi connectivity index (χ0) is 26.8. The standard InChI is InChI=1S/C26H33F3N4O4/c1-25(2,3)13-18-12-22(33(32-18)14-19-5-4-10-36-19)31-24(35)20-11-16(26(27,28)29)6-8-21(20)37-15-17-7-9-23(34)30-17/h6,8,11-12,17,19H,4-5,7,9-10,13-15H2,1-3H3,(H,30,34)(H,31,35)/t17-,19+/m0/s1. The van der Waals surface area contributed by atoms with E-state index in [-0.39, 0.29) is 41.4 Å². The third-order valence-electron chi connectivity index (χ3n) is 6.26. The van der Waals surface area contributed by atoms with Crippen LogP contribution in [0.4, 0.5) is 19.0 Å². The molecule has 2 N–H and O–H groups in total. The minimum Gasteiger partial charge on any atom is -0.491 e. The van der Waals surface area contributed by atoms with Crippen LogP contribution >= 0.6 is 0 Å². The van der Waals surface area contributed by atoms with E-state index in [0.717, 1.165) is 36.7 Å². The Kier molecular flexibility index (Phi) is 7.82. The summed E-state index contributed by atoms with van der Waals surface area (Å²) in [5.41, 5.74) is -0.498. The number of nitrogens with zero attached hydrogens (tertiary/aromatic N) is 2. The predicted molar refractivity (Wildman–Crippen MR) is 130 cm³/mol. The van der Waals surface area contributed by atoms with Crippen LogP contribution in [0.15, 0.2) is 24.3 Å². The van der Waals surface area contributed by atoms with Gasteiger partial charge in [0.05, 0.1) is 35.5 Å². The average molecular weight is 523 g/mol. The lowest BCUT2D eigenvalue weighted by atomic mass is 9.91. The third kappa shape index (κ3) is 7.24. The van der Waals surface area contributed by atoms with Crippen LogP contribution in [0.1, 0.15) is 68.1 Å². The fraction of sp³-hybridized carbons (Fsp3) is 0.577. The lowest BCUT2D eigenvalue weighted by Crippen LogP contribution is -2.31. The molecule has 0 unspecified atom stereocenters. The first kappa shape index (κ1) is 27.0. The van der Waals surface area contributed by atoms with Crippen LogP contribution in [0.5, 0.6) is 5.75 Å². The van der Waals surface area contributed by atoms with Gasteiger partial charge in [-0.25, -0.2) is 4.68 Å². The van der Waals surface area contributed by atoms with Gasteiger partial charge in [0, 0.05) is 19.1 Å². The summed E-state index contributed by atoms with van der Waals surface area (Å²) in [6, 6.07) is 4.29. The maximum Gasteiger partial charge on any atom is 0.416 e. The molecule has 0 spiro atoms. The number of aromatic nitrogens is 2. The highest BCUT2D eigenvalue weighted by Gasteiger charge is 2.33. The van der Waals surface area contributed by atoms with Gasteiger partial charge in [-0.1, -0.05) is 20.8 Å². The summed E-state index contributed by atoms with van der Waals surface area (Å²) >= 11 is 0. The Morgan fingerprint density at radius 3 is 2.65 bits per heavy atom. The maximum absolute atomic E-state index is 13.5. The van der Waals surface area contributed by atoms with E-state index in [9.17, 15) is 22.8 Å². The van der Waals surface area contributed by atoms with Gasteiger partial charge >= 0.3 is 6.18 Å². The molecule has 0 bridgehead atoms. The number of benzene rings is 1. The van der Waals surface area contributed by atoms with Crippen molar-refractivity contribution in [2.45, 2.75) is 77.7 Å². The first-order valence-electron chi connectivity index (χ1n) is 12.5. The van der Waals surface area contributed by atoms with Crippen LogP contribution in [0.25, 0.3) is 0 Å². The number of hydrogen-bond acceptors (Lipinski definition) is 5. The number of carbonyl (C=O) groups excluding carboxylic acids is 2. The zero-order valence-corrected chi connectivity index (χ0v) is 21.3. The van der Waals surface area contributed by atoms with Crippen molar-refractivity contribution >= 4 is 17.6 Å². The van der Waals surface area contributed by atoms with E-state index in [1.807, 2.05) is 0 Å². The third-order valence-corrected chi connectivity index (χ3v) is 6.26. The van der Waals surface area contributed by atoms with Crippen LogP contribution in [0.2, 0.25) is 0 Å². The molecule has 0 saturated carbocycles. The van der Waals surface area contributed by atoms with E-state index in [0.29, 0.717) is 38.2 Å². The number of hydrogen-bond donors (Lipinski definition) is 2. The fourth-order valence-corrected chi connectivity index (χ4v) is 4.51. The zero-order valence-electron chi connectivity index (χ0n) is 21.3. The van der Waals surface area contributed by atoms with Gasteiger partial charge in [-0.3, -0.25) is 9.59 Å². The predicted octanol–water partition coefficient (Wildman–Crippen LogP) is 4.58. The summed E-state index contributed by atoms with van der Waals surface area (Å²) < 4.78 is 53.5. The molecular formula is C26H33F3N4O4. The molecule has 0 aliphatic carbocycles. The first-order valence-corrected chi connectivity index (χ1v) is 12.5. The highest BCUT2D eigenvalue weighted by atomic mass is 19.4. The highest BCUT2D eigenvalue weighted by molar-refractivity contribution is 6.06. The van der Waals surface area contributed by atoms with Crippen LogP contribution in [-0.4, -0.2) is 47.0 Å². The molecule has 4 rings (SSSR count). The molecule has 2 aliphatic rings.